The van der Waals surface area contributed by atoms with Crippen molar-refractivity contribution in [3.05, 3.63) is 0 Å². The molecule has 3 heteroatoms. The molecule has 12 heavy (non-hydrogen) atoms. The van der Waals surface area contributed by atoms with Crippen LogP contribution in [-0.4, -0.2) is 25.5 Å². The Bertz CT molecular complexity index is 189. The number of hydrogen-bond donors (Lipinski definition) is 2. The molecular weight excluding hydrogens is 152 g/mol. The van der Waals surface area contributed by atoms with Gasteiger partial charge in [0.2, 0.25) is 5.91 Å². The van der Waals surface area contributed by atoms with Crippen LogP contribution >= 0.6 is 0 Å². The molecule has 1 heterocycles. The average Bonchev–Trinajstić information content (AvgIpc) is 2.63. The van der Waals surface area contributed by atoms with Crippen molar-refractivity contribution in [2.24, 2.45) is 17.8 Å². The maximum atomic E-state index is 11.3. The Hall–Kier alpha value is -0.570. The molecule has 2 aliphatic rings. The molecule has 68 valence electrons. The summed E-state index contributed by atoms with van der Waals surface area (Å²) < 4.78 is 0. The van der Waals surface area contributed by atoms with Gasteiger partial charge in [0.1, 0.15) is 0 Å². The summed E-state index contributed by atoms with van der Waals surface area (Å²) in [6.07, 6.45) is 1.09. The van der Waals surface area contributed by atoms with E-state index >= 15 is 0 Å². The number of amides is 1. The Morgan fingerprint density at radius 1 is 1.58 bits per heavy atom. The van der Waals surface area contributed by atoms with Crippen molar-refractivity contribution in [1.29, 1.82) is 0 Å². The van der Waals surface area contributed by atoms with Gasteiger partial charge in [-0.1, -0.05) is 6.92 Å². The molecular formula is C9H16N2O. The fourth-order valence-electron chi connectivity index (χ4n) is 1.56. The van der Waals surface area contributed by atoms with Crippen LogP contribution in [0, 0.1) is 17.8 Å². The molecule has 0 aromatic heterocycles. The molecule has 2 atom stereocenters. The number of carbonyl (C=O) groups excluding carboxylic acids is 1. The molecule has 0 radical (unpaired) electrons. The summed E-state index contributed by atoms with van der Waals surface area (Å²) in [7, 11) is 0. The topological polar surface area (TPSA) is 41.1 Å². The first kappa shape index (κ1) is 8.05. The Kier molecular flexibility index (Phi) is 2.05. The summed E-state index contributed by atoms with van der Waals surface area (Å²) in [5, 5.41) is 6.19. The van der Waals surface area contributed by atoms with Gasteiger partial charge in [-0.3, -0.25) is 4.79 Å². The van der Waals surface area contributed by atoms with Gasteiger partial charge in [-0.15, -0.1) is 0 Å². The van der Waals surface area contributed by atoms with E-state index in [1.165, 1.54) is 0 Å². The highest BCUT2D eigenvalue weighted by atomic mass is 16.2. The predicted molar refractivity (Wildman–Crippen MR) is 46.6 cm³/mol. The third-order valence-electron chi connectivity index (χ3n) is 2.88. The van der Waals surface area contributed by atoms with Crippen molar-refractivity contribution in [2.75, 3.05) is 19.6 Å². The Morgan fingerprint density at radius 2 is 2.25 bits per heavy atom. The summed E-state index contributed by atoms with van der Waals surface area (Å²) in [6.45, 7) is 5.14. The van der Waals surface area contributed by atoms with E-state index in [1.54, 1.807) is 0 Å². The molecule has 3 nitrogen and oxygen atoms in total. The van der Waals surface area contributed by atoms with Gasteiger partial charge in [-0.05, 0) is 12.3 Å². The zero-order chi connectivity index (χ0) is 8.55. The van der Waals surface area contributed by atoms with Crippen molar-refractivity contribution in [1.82, 2.24) is 10.6 Å². The Balaban J connectivity index is 1.62. The lowest BCUT2D eigenvalue weighted by molar-refractivity contribution is -0.122. The molecule has 0 aromatic rings. The zero-order valence-corrected chi connectivity index (χ0v) is 7.47. The van der Waals surface area contributed by atoms with E-state index in [0.717, 1.165) is 26.1 Å². The summed E-state index contributed by atoms with van der Waals surface area (Å²) in [5.41, 5.74) is 0. The highest BCUT2D eigenvalue weighted by molar-refractivity contribution is 5.81. The molecule has 0 aromatic carbocycles. The lowest BCUT2D eigenvalue weighted by Gasteiger charge is -2.27. The number of nitrogens with one attached hydrogen (secondary N) is 2. The molecule has 1 aliphatic carbocycles. The third kappa shape index (κ3) is 1.61. The van der Waals surface area contributed by atoms with Gasteiger partial charge >= 0.3 is 0 Å². The molecule has 1 aliphatic heterocycles. The number of carbonyl (C=O) groups is 1. The molecule has 0 bridgehead atoms. The van der Waals surface area contributed by atoms with Crippen LogP contribution in [0.1, 0.15) is 13.3 Å². The average molecular weight is 168 g/mol. The first-order chi connectivity index (χ1) is 5.77. The monoisotopic (exact) mass is 168 g/mol. The molecule has 2 fully saturated rings. The van der Waals surface area contributed by atoms with Gasteiger partial charge in [0.25, 0.3) is 0 Å². The molecule has 2 unspecified atom stereocenters. The summed E-state index contributed by atoms with van der Waals surface area (Å²) >= 11 is 0. The highest BCUT2D eigenvalue weighted by Crippen LogP contribution is 2.37. The SMILES string of the molecule is CC1CC1C(=O)NCC1CNC1. The van der Waals surface area contributed by atoms with Gasteiger partial charge in [-0.2, -0.15) is 0 Å². The van der Waals surface area contributed by atoms with Crippen LogP contribution in [0.4, 0.5) is 0 Å². The summed E-state index contributed by atoms with van der Waals surface area (Å²) in [6, 6.07) is 0. The van der Waals surface area contributed by atoms with E-state index < -0.39 is 0 Å². The fourth-order valence-corrected chi connectivity index (χ4v) is 1.56. The van der Waals surface area contributed by atoms with Crippen molar-refractivity contribution in [2.45, 2.75) is 13.3 Å². The normalized spacial score (nSPS) is 34.1. The van der Waals surface area contributed by atoms with Crippen molar-refractivity contribution in [3.8, 4) is 0 Å². The van der Waals surface area contributed by atoms with E-state index in [2.05, 4.69) is 17.6 Å². The van der Waals surface area contributed by atoms with Gasteiger partial charge < -0.3 is 10.6 Å². The van der Waals surface area contributed by atoms with Gasteiger partial charge in [0, 0.05) is 31.5 Å². The minimum Gasteiger partial charge on any atom is -0.355 e. The molecule has 2 rings (SSSR count). The molecule has 1 saturated heterocycles. The molecule has 1 saturated carbocycles. The fraction of sp³-hybridized carbons (Fsp3) is 0.889. The zero-order valence-electron chi connectivity index (χ0n) is 7.47. The Morgan fingerprint density at radius 3 is 2.67 bits per heavy atom. The van der Waals surface area contributed by atoms with Crippen molar-refractivity contribution in [3.63, 3.8) is 0 Å². The first-order valence-electron chi connectivity index (χ1n) is 4.76. The minimum atomic E-state index is 0.273. The van der Waals surface area contributed by atoms with Crippen LogP contribution in [0.15, 0.2) is 0 Å². The Labute approximate surface area is 72.9 Å². The van der Waals surface area contributed by atoms with Crippen molar-refractivity contribution < 1.29 is 4.79 Å². The second-order valence-electron chi connectivity index (χ2n) is 4.09. The second-order valence-corrected chi connectivity index (χ2v) is 4.09. The summed E-state index contributed by atoms with van der Waals surface area (Å²) in [4.78, 5) is 11.3. The number of rotatable bonds is 3. The van der Waals surface area contributed by atoms with Crippen LogP contribution in [0.2, 0.25) is 0 Å². The van der Waals surface area contributed by atoms with E-state index in [9.17, 15) is 4.79 Å². The highest BCUT2D eigenvalue weighted by Gasteiger charge is 2.39. The van der Waals surface area contributed by atoms with E-state index in [-0.39, 0.29) is 5.91 Å². The van der Waals surface area contributed by atoms with E-state index in [4.69, 9.17) is 0 Å². The molecule has 1 amide bonds. The quantitative estimate of drug-likeness (QED) is 0.621. The molecule has 2 N–H and O–H groups in total. The molecule has 0 spiro atoms. The smallest absolute Gasteiger partial charge is 0.223 e. The van der Waals surface area contributed by atoms with Crippen LogP contribution in [0.25, 0.3) is 0 Å². The van der Waals surface area contributed by atoms with Crippen LogP contribution in [0.3, 0.4) is 0 Å². The minimum absolute atomic E-state index is 0.273. The lowest BCUT2D eigenvalue weighted by Crippen LogP contribution is -2.48. The van der Waals surface area contributed by atoms with E-state index in [0.29, 0.717) is 17.8 Å². The van der Waals surface area contributed by atoms with Crippen molar-refractivity contribution >= 4 is 5.91 Å². The predicted octanol–water partition coefficient (Wildman–Crippen LogP) is -0.0220. The summed E-state index contributed by atoms with van der Waals surface area (Å²) in [5.74, 6) is 1.92. The maximum absolute atomic E-state index is 11.3. The number of hydrogen-bond acceptors (Lipinski definition) is 2. The third-order valence-corrected chi connectivity index (χ3v) is 2.88. The first-order valence-corrected chi connectivity index (χ1v) is 4.76. The van der Waals surface area contributed by atoms with Crippen LogP contribution in [-0.2, 0) is 4.79 Å². The van der Waals surface area contributed by atoms with Crippen LogP contribution < -0.4 is 10.6 Å². The van der Waals surface area contributed by atoms with Gasteiger partial charge in [0.05, 0.1) is 0 Å². The largest absolute Gasteiger partial charge is 0.355 e. The van der Waals surface area contributed by atoms with Gasteiger partial charge in [0.15, 0.2) is 0 Å². The van der Waals surface area contributed by atoms with Gasteiger partial charge in [-0.25, -0.2) is 0 Å². The second kappa shape index (κ2) is 3.05. The standard InChI is InChI=1S/C9H16N2O/c1-6-2-8(6)9(12)11-5-7-3-10-4-7/h6-8,10H,2-5H2,1H3,(H,11,12). The maximum Gasteiger partial charge on any atom is 0.223 e. The van der Waals surface area contributed by atoms with E-state index in [1.807, 2.05) is 0 Å². The lowest BCUT2D eigenvalue weighted by atomic mass is 10.0. The van der Waals surface area contributed by atoms with Crippen LogP contribution in [0.5, 0.6) is 0 Å².